The second kappa shape index (κ2) is 4.68. The molecule has 20 heavy (non-hydrogen) atoms. The number of hydrogen-bond donors (Lipinski definition) is 1. The molecule has 7 heteroatoms. The second-order valence-electron chi connectivity index (χ2n) is 4.35. The van der Waals surface area contributed by atoms with E-state index in [9.17, 15) is 4.79 Å². The summed E-state index contributed by atoms with van der Waals surface area (Å²) in [6.07, 6.45) is 1.69. The second-order valence-corrected chi connectivity index (χ2v) is 5.24. The molecule has 0 spiro atoms. The number of hydrogen-bond acceptors (Lipinski definition) is 6. The van der Waals surface area contributed by atoms with E-state index < -0.39 is 0 Å². The third-order valence-corrected chi connectivity index (χ3v) is 3.94. The number of fused-ring (bicyclic) bond motifs is 1. The van der Waals surface area contributed by atoms with Crippen molar-refractivity contribution in [1.29, 1.82) is 0 Å². The van der Waals surface area contributed by atoms with Gasteiger partial charge in [-0.15, -0.1) is 11.3 Å². The molecule has 0 atom stereocenters. The van der Waals surface area contributed by atoms with Gasteiger partial charge >= 0.3 is 0 Å². The molecule has 0 saturated heterocycles. The van der Waals surface area contributed by atoms with Crippen molar-refractivity contribution in [2.75, 3.05) is 5.73 Å². The van der Waals surface area contributed by atoms with E-state index in [4.69, 9.17) is 5.73 Å². The van der Waals surface area contributed by atoms with E-state index in [0.29, 0.717) is 22.8 Å². The van der Waals surface area contributed by atoms with Crippen molar-refractivity contribution in [1.82, 2.24) is 19.5 Å². The van der Waals surface area contributed by atoms with Gasteiger partial charge in [-0.2, -0.15) is 4.98 Å². The number of anilines is 1. The molecule has 0 aliphatic carbocycles. The minimum absolute atomic E-state index is 0.104. The Morgan fingerprint density at radius 3 is 2.85 bits per heavy atom. The Bertz CT molecular complexity index is 838. The molecule has 0 fully saturated rings. The van der Waals surface area contributed by atoms with Crippen LogP contribution in [0.3, 0.4) is 0 Å². The molecule has 0 aromatic carbocycles. The Morgan fingerprint density at radius 2 is 2.20 bits per heavy atom. The predicted molar refractivity (Wildman–Crippen MR) is 79.7 cm³/mol. The van der Waals surface area contributed by atoms with Crippen molar-refractivity contribution in [3.8, 4) is 10.6 Å². The van der Waals surface area contributed by atoms with Crippen molar-refractivity contribution in [2.24, 2.45) is 0 Å². The van der Waals surface area contributed by atoms with E-state index in [1.54, 1.807) is 16.8 Å². The van der Waals surface area contributed by atoms with Gasteiger partial charge in [0.15, 0.2) is 0 Å². The minimum atomic E-state index is -0.104. The first-order chi connectivity index (χ1) is 9.61. The highest BCUT2D eigenvalue weighted by molar-refractivity contribution is 7.13. The molecule has 0 amide bonds. The lowest BCUT2D eigenvalue weighted by Crippen LogP contribution is -2.22. The number of aromatic nitrogens is 4. The number of nitrogens with zero attached hydrogens (tertiary/aromatic N) is 4. The number of aryl methyl sites for hydroxylation is 2. The lowest BCUT2D eigenvalue weighted by atomic mass is 10.2. The third-order valence-electron chi connectivity index (χ3n) is 3.13. The largest absolute Gasteiger partial charge is 0.368 e. The smallest absolute Gasteiger partial charge is 0.262 e. The number of thiazole rings is 1. The van der Waals surface area contributed by atoms with Crippen LogP contribution in [0.15, 0.2) is 22.4 Å². The van der Waals surface area contributed by atoms with Gasteiger partial charge in [0.25, 0.3) is 5.56 Å². The molecular weight excluding hydrogens is 274 g/mol. The van der Waals surface area contributed by atoms with Crippen LogP contribution in [0.25, 0.3) is 21.6 Å². The molecule has 3 aromatic rings. The summed E-state index contributed by atoms with van der Waals surface area (Å²) in [7, 11) is 0. The Morgan fingerprint density at radius 1 is 1.40 bits per heavy atom. The lowest BCUT2D eigenvalue weighted by Gasteiger charge is -2.11. The average molecular weight is 287 g/mol. The highest BCUT2D eigenvalue weighted by Gasteiger charge is 2.15. The fourth-order valence-corrected chi connectivity index (χ4v) is 2.86. The highest BCUT2D eigenvalue weighted by Crippen LogP contribution is 2.23. The molecule has 102 valence electrons. The number of rotatable bonds is 2. The summed E-state index contributed by atoms with van der Waals surface area (Å²) in [4.78, 5) is 25.1. The third kappa shape index (κ3) is 1.87. The first-order valence-corrected chi connectivity index (χ1v) is 7.07. The van der Waals surface area contributed by atoms with Crippen LogP contribution in [-0.4, -0.2) is 19.5 Å². The SMILES string of the molecule is CCn1c(=O)c(-c2nccs2)cc2c(C)nc(N)nc21. The van der Waals surface area contributed by atoms with Crippen molar-refractivity contribution in [3.63, 3.8) is 0 Å². The van der Waals surface area contributed by atoms with Gasteiger partial charge in [0.2, 0.25) is 5.95 Å². The topological polar surface area (TPSA) is 86.7 Å². The normalized spacial score (nSPS) is 11.1. The van der Waals surface area contributed by atoms with Crippen molar-refractivity contribution >= 4 is 28.3 Å². The maximum Gasteiger partial charge on any atom is 0.262 e. The Balaban J connectivity index is 2.46. The molecule has 0 aliphatic rings. The Labute approximate surface area is 118 Å². The van der Waals surface area contributed by atoms with Gasteiger partial charge in [0.05, 0.1) is 11.3 Å². The van der Waals surface area contributed by atoms with E-state index in [0.717, 1.165) is 11.1 Å². The van der Waals surface area contributed by atoms with Gasteiger partial charge in [0, 0.05) is 23.5 Å². The van der Waals surface area contributed by atoms with Crippen molar-refractivity contribution in [3.05, 3.63) is 33.7 Å². The first-order valence-electron chi connectivity index (χ1n) is 6.19. The summed E-state index contributed by atoms with van der Waals surface area (Å²) in [5.41, 5.74) is 7.48. The Hall–Kier alpha value is -2.28. The van der Waals surface area contributed by atoms with Crippen LogP contribution in [0.2, 0.25) is 0 Å². The number of nitrogens with two attached hydrogens (primary N) is 1. The van der Waals surface area contributed by atoms with Crippen LogP contribution in [0, 0.1) is 6.92 Å². The molecule has 3 rings (SSSR count). The zero-order valence-corrected chi connectivity index (χ0v) is 11.9. The summed E-state index contributed by atoms with van der Waals surface area (Å²) in [6, 6.07) is 1.80. The van der Waals surface area contributed by atoms with E-state index in [-0.39, 0.29) is 11.5 Å². The first kappa shape index (κ1) is 12.7. The van der Waals surface area contributed by atoms with Gasteiger partial charge in [-0.05, 0) is 19.9 Å². The summed E-state index contributed by atoms with van der Waals surface area (Å²) in [5.74, 6) is 0.179. The van der Waals surface area contributed by atoms with Crippen LogP contribution in [0.4, 0.5) is 5.95 Å². The molecule has 2 N–H and O–H groups in total. The van der Waals surface area contributed by atoms with Gasteiger partial charge in [-0.25, -0.2) is 9.97 Å². The fourth-order valence-electron chi connectivity index (χ4n) is 2.21. The van der Waals surface area contributed by atoms with Gasteiger partial charge < -0.3 is 5.73 Å². The maximum absolute atomic E-state index is 12.6. The maximum atomic E-state index is 12.6. The van der Waals surface area contributed by atoms with Crippen LogP contribution in [0.5, 0.6) is 0 Å². The van der Waals surface area contributed by atoms with Gasteiger partial charge in [0.1, 0.15) is 10.7 Å². The van der Waals surface area contributed by atoms with Crippen LogP contribution in [-0.2, 0) is 6.54 Å². The Kier molecular flexibility index (Phi) is 2.98. The number of nitrogen functional groups attached to an aromatic ring is 1. The molecular formula is C13H13N5OS. The summed E-state index contributed by atoms with van der Waals surface area (Å²) >= 11 is 1.44. The monoisotopic (exact) mass is 287 g/mol. The summed E-state index contributed by atoms with van der Waals surface area (Å²) in [6.45, 7) is 4.28. The molecule has 0 radical (unpaired) electrons. The van der Waals surface area contributed by atoms with Gasteiger partial charge in [-0.1, -0.05) is 0 Å². The molecule has 3 heterocycles. The predicted octanol–water partition coefficient (Wildman–Crippen LogP) is 1.83. The van der Waals surface area contributed by atoms with Crippen LogP contribution >= 0.6 is 11.3 Å². The van der Waals surface area contributed by atoms with Crippen LogP contribution in [0.1, 0.15) is 12.6 Å². The standard InChI is InChI=1S/C13H13N5OS/c1-3-18-10-8(7(2)16-13(14)17-10)6-9(12(18)19)11-15-4-5-20-11/h4-6H,3H2,1-2H3,(H2,14,16,17). The zero-order chi connectivity index (χ0) is 14.3. The molecule has 0 aliphatic heterocycles. The van der Waals surface area contributed by atoms with E-state index in [2.05, 4.69) is 15.0 Å². The summed E-state index contributed by atoms with van der Waals surface area (Å²) in [5, 5.41) is 3.38. The zero-order valence-electron chi connectivity index (χ0n) is 11.1. The van der Waals surface area contributed by atoms with Crippen molar-refractivity contribution < 1.29 is 0 Å². The number of pyridine rings is 1. The molecule has 0 bridgehead atoms. The molecule has 3 aromatic heterocycles. The average Bonchev–Trinajstić information content (AvgIpc) is 2.92. The summed E-state index contributed by atoms with van der Waals surface area (Å²) < 4.78 is 1.61. The van der Waals surface area contributed by atoms with E-state index >= 15 is 0 Å². The molecule has 6 nitrogen and oxygen atoms in total. The fraction of sp³-hybridized carbons (Fsp3) is 0.231. The van der Waals surface area contributed by atoms with E-state index in [1.807, 2.05) is 19.2 Å². The highest BCUT2D eigenvalue weighted by atomic mass is 32.1. The van der Waals surface area contributed by atoms with Crippen LogP contribution < -0.4 is 11.3 Å². The van der Waals surface area contributed by atoms with Crippen molar-refractivity contribution in [2.45, 2.75) is 20.4 Å². The minimum Gasteiger partial charge on any atom is -0.368 e. The van der Waals surface area contributed by atoms with Gasteiger partial charge in [-0.3, -0.25) is 9.36 Å². The quantitative estimate of drug-likeness (QED) is 0.777. The van der Waals surface area contributed by atoms with E-state index in [1.165, 1.54) is 11.3 Å². The molecule has 0 unspecified atom stereocenters. The lowest BCUT2D eigenvalue weighted by molar-refractivity contribution is 0.750. The molecule has 0 saturated carbocycles.